The van der Waals surface area contributed by atoms with Crippen LogP contribution in [0.2, 0.25) is 5.02 Å². The number of hydrogen-bond acceptors (Lipinski definition) is 7. The Labute approximate surface area is 187 Å². The number of nitrogens with zero attached hydrogens (tertiary/aromatic N) is 2. The second-order valence-corrected chi connectivity index (χ2v) is 10.4. The number of aryl methyl sites for hydroxylation is 1. The molecule has 3 aromatic rings. The molecule has 0 radical (unpaired) electrons. The molecular weight excluding hydrogens is 438 g/mol. The zero-order valence-corrected chi connectivity index (χ0v) is 18.7. The van der Waals surface area contributed by atoms with Crippen molar-refractivity contribution in [3.63, 3.8) is 0 Å². The van der Waals surface area contributed by atoms with Crippen molar-refractivity contribution in [2.75, 3.05) is 35.7 Å². The van der Waals surface area contributed by atoms with Gasteiger partial charge in [-0.3, -0.25) is 9.11 Å². The maximum Gasteiger partial charge on any atom is 0.131 e. The van der Waals surface area contributed by atoms with Gasteiger partial charge in [0.2, 0.25) is 0 Å². The lowest BCUT2D eigenvalue weighted by Crippen LogP contribution is -2.26. The van der Waals surface area contributed by atoms with Crippen LogP contribution in [-0.2, 0) is 6.54 Å². The fourth-order valence-electron chi connectivity index (χ4n) is 3.72. The first-order chi connectivity index (χ1) is 14.8. The number of aliphatic hydroxyl groups is 2. The van der Waals surface area contributed by atoms with Gasteiger partial charge in [-0.2, -0.15) is 10.6 Å². The van der Waals surface area contributed by atoms with E-state index in [1.54, 1.807) is 12.1 Å². The number of nitrogens with one attached hydrogen (secondary N) is 1. The molecule has 9 heteroatoms. The van der Waals surface area contributed by atoms with Crippen molar-refractivity contribution >= 4 is 44.6 Å². The van der Waals surface area contributed by atoms with Gasteiger partial charge in [0.15, 0.2) is 0 Å². The summed E-state index contributed by atoms with van der Waals surface area (Å²) in [7, 11) is -2.96. The molecule has 5 N–H and O–H groups in total. The van der Waals surface area contributed by atoms with E-state index in [4.69, 9.17) is 21.7 Å². The Bertz CT molecular complexity index is 1110. The fourth-order valence-corrected chi connectivity index (χ4v) is 5.52. The SMILES string of the molecule is Cc1ccc2nc(N3CCS(O)(O)c4cc(Cl)ccc4C3)cc(NCC(O)CO)c2c1. The lowest BCUT2D eigenvalue weighted by molar-refractivity contribution is 0.105. The predicted molar refractivity (Wildman–Crippen MR) is 127 cm³/mol. The van der Waals surface area contributed by atoms with Crippen LogP contribution in [0, 0.1) is 6.92 Å². The highest BCUT2D eigenvalue weighted by Crippen LogP contribution is 2.52. The van der Waals surface area contributed by atoms with Gasteiger partial charge in [-0.1, -0.05) is 29.3 Å². The van der Waals surface area contributed by atoms with E-state index in [2.05, 4.69) is 5.32 Å². The van der Waals surface area contributed by atoms with E-state index in [0.29, 0.717) is 28.8 Å². The van der Waals surface area contributed by atoms with Crippen LogP contribution in [0.4, 0.5) is 11.5 Å². The Kier molecular flexibility index (Phi) is 6.30. The predicted octanol–water partition coefficient (Wildman–Crippen LogP) is 4.09. The van der Waals surface area contributed by atoms with Crippen LogP contribution >= 0.6 is 22.2 Å². The molecule has 0 bridgehead atoms. The smallest absolute Gasteiger partial charge is 0.131 e. The molecule has 1 aliphatic heterocycles. The Morgan fingerprint density at radius 2 is 2.00 bits per heavy atom. The Balaban J connectivity index is 1.75. The number of benzene rings is 2. The number of fused-ring (bicyclic) bond motifs is 2. The average molecular weight is 464 g/mol. The van der Waals surface area contributed by atoms with E-state index in [-0.39, 0.29) is 18.9 Å². The molecule has 1 aliphatic rings. The van der Waals surface area contributed by atoms with Crippen LogP contribution in [-0.4, -0.2) is 55.9 Å². The van der Waals surface area contributed by atoms with Crippen LogP contribution in [0.1, 0.15) is 11.1 Å². The number of anilines is 2. The molecule has 2 heterocycles. The van der Waals surface area contributed by atoms with Crippen LogP contribution in [0.3, 0.4) is 0 Å². The van der Waals surface area contributed by atoms with E-state index >= 15 is 0 Å². The number of aliphatic hydroxyl groups excluding tert-OH is 2. The molecule has 7 nitrogen and oxygen atoms in total. The van der Waals surface area contributed by atoms with E-state index in [9.17, 15) is 14.2 Å². The normalized spacial score (nSPS) is 17.7. The van der Waals surface area contributed by atoms with E-state index in [0.717, 1.165) is 27.7 Å². The van der Waals surface area contributed by atoms with Gasteiger partial charge in [-0.15, -0.1) is 0 Å². The average Bonchev–Trinajstić information content (AvgIpc) is 2.87. The first kappa shape index (κ1) is 22.1. The molecule has 1 unspecified atom stereocenters. The molecule has 4 rings (SSSR count). The highest BCUT2D eigenvalue weighted by molar-refractivity contribution is 8.24. The Morgan fingerprint density at radius 1 is 1.19 bits per heavy atom. The molecule has 0 spiro atoms. The zero-order valence-electron chi connectivity index (χ0n) is 17.1. The number of pyridine rings is 1. The van der Waals surface area contributed by atoms with E-state index in [1.165, 1.54) is 0 Å². The summed E-state index contributed by atoms with van der Waals surface area (Å²) in [5.74, 6) is 0.871. The Morgan fingerprint density at radius 3 is 2.77 bits per heavy atom. The largest absolute Gasteiger partial charge is 0.394 e. The second-order valence-electron chi connectivity index (χ2n) is 7.81. The van der Waals surface area contributed by atoms with Crippen molar-refractivity contribution in [3.8, 4) is 0 Å². The van der Waals surface area contributed by atoms with Crippen LogP contribution in [0.25, 0.3) is 10.9 Å². The van der Waals surface area contributed by atoms with Crippen LogP contribution < -0.4 is 10.2 Å². The summed E-state index contributed by atoms with van der Waals surface area (Å²) in [6, 6.07) is 13.1. The van der Waals surface area contributed by atoms with Gasteiger partial charge in [0.25, 0.3) is 0 Å². The fraction of sp³-hybridized carbons (Fsp3) is 0.318. The van der Waals surface area contributed by atoms with Crippen molar-refractivity contribution in [2.24, 2.45) is 0 Å². The van der Waals surface area contributed by atoms with Gasteiger partial charge in [0.05, 0.1) is 28.9 Å². The zero-order chi connectivity index (χ0) is 22.2. The number of aromatic nitrogens is 1. The van der Waals surface area contributed by atoms with Gasteiger partial charge < -0.3 is 20.4 Å². The van der Waals surface area contributed by atoms with Gasteiger partial charge in [-0.25, -0.2) is 4.98 Å². The van der Waals surface area contributed by atoms with Crippen molar-refractivity contribution in [1.82, 2.24) is 4.98 Å². The van der Waals surface area contributed by atoms with Gasteiger partial charge in [0, 0.05) is 41.8 Å². The van der Waals surface area contributed by atoms with Crippen molar-refractivity contribution in [1.29, 1.82) is 0 Å². The van der Waals surface area contributed by atoms with Crippen molar-refractivity contribution in [3.05, 3.63) is 58.6 Å². The molecule has 1 aromatic heterocycles. The summed E-state index contributed by atoms with van der Waals surface area (Å²) in [5, 5.41) is 23.5. The Hall–Kier alpha value is -2.07. The topological polar surface area (TPSA) is 109 Å². The minimum absolute atomic E-state index is 0.181. The van der Waals surface area contributed by atoms with Gasteiger partial charge in [0.1, 0.15) is 5.82 Å². The lowest BCUT2D eigenvalue weighted by atomic mass is 10.1. The molecule has 0 aliphatic carbocycles. The molecule has 0 saturated heterocycles. The third kappa shape index (κ3) is 4.74. The standard InChI is InChI=1S/C22H26ClN3O4S/c1-14-2-5-19-18(8-14)20(24-11-17(28)13-27)10-22(25-19)26-6-7-31(29,30)21-9-16(23)4-3-15(21)12-26/h2-5,8-10,17,27-30H,6-7,11-13H2,1H3,(H,24,25). The molecule has 1 atom stereocenters. The van der Waals surface area contributed by atoms with E-state index in [1.807, 2.05) is 42.2 Å². The summed E-state index contributed by atoms with van der Waals surface area (Å²) in [4.78, 5) is 7.33. The van der Waals surface area contributed by atoms with E-state index < -0.39 is 16.7 Å². The summed E-state index contributed by atoms with van der Waals surface area (Å²) in [6.45, 7) is 2.75. The third-order valence-corrected chi connectivity index (χ3v) is 7.47. The summed E-state index contributed by atoms with van der Waals surface area (Å²) in [6.07, 6.45) is -0.876. The summed E-state index contributed by atoms with van der Waals surface area (Å²) < 4.78 is 21.4. The quantitative estimate of drug-likeness (QED) is 0.387. The van der Waals surface area contributed by atoms with Crippen molar-refractivity contribution < 1.29 is 19.3 Å². The lowest BCUT2D eigenvalue weighted by Gasteiger charge is -2.32. The highest BCUT2D eigenvalue weighted by atomic mass is 35.5. The molecule has 0 saturated carbocycles. The molecular formula is C22H26ClN3O4S. The molecule has 0 amide bonds. The van der Waals surface area contributed by atoms with Gasteiger partial charge >= 0.3 is 0 Å². The summed E-state index contributed by atoms with van der Waals surface area (Å²) in [5.41, 5.74) is 3.47. The first-order valence-corrected chi connectivity index (χ1v) is 12.1. The first-order valence-electron chi connectivity index (χ1n) is 10.0. The third-order valence-electron chi connectivity index (χ3n) is 5.40. The maximum atomic E-state index is 10.7. The summed E-state index contributed by atoms with van der Waals surface area (Å²) >= 11 is 6.10. The number of halogens is 1. The molecule has 31 heavy (non-hydrogen) atoms. The maximum absolute atomic E-state index is 10.7. The molecule has 166 valence electrons. The van der Waals surface area contributed by atoms with Gasteiger partial charge in [-0.05, 0) is 36.8 Å². The number of rotatable bonds is 5. The second kappa shape index (κ2) is 8.82. The minimum Gasteiger partial charge on any atom is -0.394 e. The number of hydrogen-bond donors (Lipinski definition) is 5. The van der Waals surface area contributed by atoms with Crippen LogP contribution in [0.5, 0.6) is 0 Å². The molecule has 0 fully saturated rings. The molecule has 2 aromatic carbocycles. The highest BCUT2D eigenvalue weighted by Gasteiger charge is 2.27. The van der Waals surface area contributed by atoms with Crippen molar-refractivity contribution in [2.45, 2.75) is 24.5 Å². The minimum atomic E-state index is -2.96. The van der Waals surface area contributed by atoms with Crippen LogP contribution in [0.15, 0.2) is 47.4 Å². The monoisotopic (exact) mass is 463 g/mol.